The third kappa shape index (κ3) is 1.76. The fourth-order valence-electron chi connectivity index (χ4n) is 1.60. The van der Waals surface area contributed by atoms with Crippen molar-refractivity contribution in [3.8, 4) is 17.4 Å². The first kappa shape index (κ1) is 10.9. The molecule has 6 nitrogen and oxygen atoms in total. The van der Waals surface area contributed by atoms with Gasteiger partial charge in [-0.25, -0.2) is 9.97 Å². The molecule has 0 spiro atoms. The minimum absolute atomic E-state index is 0.311. The number of methoxy groups -OCH3 is 1. The van der Waals surface area contributed by atoms with E-state index >= 15 is 0 Å². The molecule has 0 aliphatic rings. The van der Waals surface area contributed by atoms with Crippen molar-refractivity contribution in [2.24, 2.45) is 0 Å². The number of ether oxygens (including phenoxy) is 1. The topological polar surface area (TPSA) is 65.2 Å². The lowest BCUT2D eigenvalue weighted by molar-refractivity contribution is 0.380. The first-order valence-corrected chi connectivity index (χ1v) is 5.52. The highest BCUT2D eigenvalue weighted by molar-refractivity contribution is 6.30. The molecule has 0 N–H and O–H groups in total. The quantitative estimate of drug-likeness (QED) is 0.704. The van der Waals surface area contributed by atoms with Gasteiger partial charge >= 0.3 is 6.01 Å². The fraction of sp³-hybridized carbons (Fsp3) is 0.0909. The first-order chi connectivity index (χ1) is 8.78. The lowest BCUT2D eigenvalue weighted by Crippen LogP contribution is -1.94. The lowest BCUT2D eigenvalue weighted by atomic mass is 10.3. The summed E-state index contributed by atoms with van der Waals surface area (Å²) in [5.41, 5.74) is 1.45. The van der Waals surface area contributed by atoms with E-state index in [1.807, 2.05) is 0 Å². The number of hydrogen-bond donors (Lipinski definition) is 0. The van der Waals surface area contributed by atoms with Gasteiger partial charge in [0.15, 0.2) is 11.5 Å². The largest absolute Gasteiger partial charge is 0.467 e. The standard InChI is InChI=1S/C11H8ClN5O/c1-18-11-13-4-7(5-14-11)10-16-15-9-3-2-8(12)6-17(9)10/h2-6H,1H3. The molecule has 3 rings (SSSR count). The number of fused-ring (bicyclic) bond motifs is 1. The molecule has 0 saturated heterocycles. The van der Waals surface area contributed by atoms with Crippen LogP contribution in [0.15, 0.2) is 30.7 Å². The average molecular weight is 262 g/mol. The van der Waals surface area contributed by atoms with Crippen LogP contribution in [-0.4, -0.2) is 31.7 Å². The highest BCUT2D eigenvalue weighted by atomic mass is 35.5. The second-order valence-corrected chi connectivity index (χ2v) is 3.99. The molecule has 18 heavy (non-hydrogen) atoms. The van der Waals surface area contributed by atoms with Crippen LogP contribution in [0.3, 0.4) is 0 Å². The summed E-state index contributed by atoms with van der Waals surface area (Å²) in [6.07, 6.45) is 5.00. The maximum atomic E-state index is 5.96. The predicted octanol–water partition coefficient (Wildman–Crippen LogP) is 1.85. The second-order valence-electron chi connectivity index (χ2n) is 3.56. The minimum atomic E-state index is 0.311. The first-order valence-electron chi connectivity index (χ1n) is 5.14. The van der Waals surface area contributed by atoms with E-state index in [4.69, 9.17) is 16.3 Å². The zero-order valence-corrected chi connectivity index (χ0v) is 10.2. The zero-order chi connectivity index (χ0) is 12.5. The van der Waals surface area contributed by atoms with Crippen LogP contribution in [0, 0.1) is 0 Å². The Balaban J connectivity index is 2.15. The summed E-state index contributed by atoms with van der Waals surface area (Å²) in [6.45, 7) is 0. The van der Waals surface area contributed by atoms with Gasteiger partial charge in [-0.1, -0.05) is 11.6 Å². The minimum Gasteiger partial charge on any atom is -0.467 e. The molecular formula is C11H8ClN5O. The number of hydrogen-bond acceptors (Lipinski definition) is 5. The van der Waals surface area contributed by atoms with Gasteiger partial charge < -0.3 is 4.74 Å². The van der Waals surface area contributed by atoms with E-state index in [0.29, 0.717) is 22.5 Å². The van der Waals surface area contributed by atoms with E-state index < -0.39 is 0 Å². The summed E-state index contributed by atoms with van der Waals surface area (Å²) in [5, 5.41) is 8.75. The van der Waals surface area contributed by atoms with Gasteiger partial charge in [0.25, 0.3) is 0 Å². The Bertz CT molecular complexity index is 694. The van der Waals surface area contributed by atoms with Crippen molar-refractivity contribution in [2.75, 3.05) is 7.11 Å². The Labute approximate surface area is 107 Å². The summed E-state index contributed by atoms with van der Waals surface area (Å²) in [6, 6.07) is 3.87. The van der Waals surface area contributed by atoms with Crippen molar-refractivity contribution in [1.82, 2.24) is 24.6 Å². The number of rotatable bonds is 2. The highest BCUT2D eigenvalue weighted by Crippen LogP contribution is 2.19. The molecule has 7 heteroatoms. The fourth-order valence-corrected chi connectivity index (χ4v) is 1.76. The van der Waals surface area contributed by atoms with E-state index in [9.17, 15) is 0 Å². The molecule has 0 amide bonds. The SMILES string of the molecule is COc1ncc(-c2nnc3ccc(Cl)cn23)cn1. The Morgan fingerprint density at radius 2 is 1.94 bits per heavy atom. The average Bonchev–Trinajstić information content (AvgIpc) is 2.82. The van der Waals surface area contributed by atoms with Gasteiger partial charge in [-0.3, -0.25) is 4.40 Å². The summed E-state index contributed by atoms with van der Waals surface area (Å²) >= 11 is 5.96. The third-order valence-electron chi connectivity index (χ3n) is 2.44. The Hall–Kier alpha value is -2.21. The third-order valence-corrected chi connectivity index (χ3v) is 2.66. The van der Waals surface area contributed by atoms with E-state index in [1.165, 1.54) is 7.11 Å². The highest BCUT2D eigenvalue weighted by Gasteiger charge is 2.09. The van der Waals surface area contributed by atoms with E-state index in [-0.39, 0.29) is 0 Å². The van der Waals surface area contributed by atoms with Crippen molar-refractivity contribution in [3.63, 3.8) is 0 Å². The van der Waals surface area contributed by atoms with E-state index in [0.717, 1.165) is 5.56 Å². The van der Waals surface area contributed by atoms with Crippen LogP contribution in [0.5, 0.6) is 6.01 Å². The normalized spacial score (nSPS) is 10.8. The van der Waals surface area contributed by atoms with Gasteiger partial charge in [0.05, 0.1) is 17.7 Å². The molecule has 3 aromatic rings. The summed E-state index contributed by atoms with van der Waals surface area (Å²) in [7, 11) is 1.52. The summed E-state index contributed by atoms with van der Waals surface area (Å²) in [4.78, 5) is 8.07. The monoisotopic (exact) mass is 261 g/mol. The maximum Gasteiger partial charge on any atom is 0.316 e. The number of halogens is 1. The number of nitrogens with zero attached hydrogens (tertiary/aromatic N) is 5. The number of aromatic nitrogens is 5. The molecule has 0 unspecified atom stereocenters. The molecule has 0 aliphatic carbocycles. The molecule has 3 heterocycles. The van der Waals surface area contributed by atoms with Gasteiger partial charge in [-0.15, -0.1) is 10.2 Å². The van der Waals surface area contributed by atoms with Gasteiger partial charge in [-0.05, 0) is 12.1 Å². The van der Waals surface area contributed by atoms with Gasteiger partial charge in [0, 0.05) is 18.6 Å². The maximum absolute atomic E-state index is 5.96. The lowest BCUT2D eigenvalue weighted by Gasteiger charge is -2.01. The van der Waals surface area contributed by atoms with Crippen LogP contribution in [0.4, 0.5) is 0 Å². The van der Waals surface area contributed by atoms with Crippen molar-refractivity contribution in [3.05, 3.63) is 35.7 Å². The van der Waals surface area contributed by atoms with Crippen molar-refractivity contribution < 1.29 is 4.74 Å². The Morgan fingerprint density at radius 1 is 1.17 bits per heavy atom. The van der Waals surface area contributed by atoms with Crippen LogP contribution in [-0.2, 0) is 0 Å². The van der Waals surface area contributed by atoms with Crippen LogP contribution in [0.1, 0.15) is 0 Å². The molecule has 0 aliphatic heterocycles. The summed E-state index contributed by atoms with van der Waals surface area (Å²) < 4.78 is 6.69. The van der Waals surface area contributed by atoms with Crippen LogP contribution < -0.4 is 4.74 Å². The Kier molecular flexibility index (Phi) is 2.56. The van der Waals surface area contributed by atoms with Crippen LogP contribution in [0.2, 0.25) is 5.02 Å². The molecule has 0 aromatic carbocycles. The van der Waals surface area contributed by atoms with Crippen molar-refractivity contribution >= 4 is 17.2 Å². The van der Waals surface area contributed by atoms with Gasteiger partial charge in [0.2, 0.25) is 0 Å². The molecule has 90 valence electrons. The molecule has 0 radical (unpaired) electrons. The molecular weight excluding hydrogens is 254 g/mol. The molecule has 0 fully saturated rings. The van der Waals surface area contributed by atoms with Crippen LogP contribution >= 0.6 is 11.6 Å². The number of pyridine rings is 1. The predicted molar refractivity (Wildman–Crippen MR) is 65.6 cm³/mol. The Morgan fingerprint density at radius 3 is 2.67 bits per heavy atom. The van der Waals surface area contributed by atoms with Crippen molar-refractivity contribution in [2.45, 2.75) is 0 Å². The molecule has 0 atom stereocenters. The van der Waals surface area contributed by atoms with E-state index in [1.54, 1.807) is 35.1 Å². The van der Waals surface area contributed by atoms with Gasteiger partial charge in [0.1, 0.15) is 0 Å². The second kappa shape index (κ2) is 4.23. The molecule has 0 saturated carbocycles. The zero-order valence-electron chi connectivity index (χ0n) is 9.41. The smallest absolute Gasteiger partial charge is 0.316 e. The van der Waals surface area contributed by atoms with Crippen LogP contribution in [0.25, 0.3) is 17.0 Å². The van der Waals surface area contributed by atoms with E-state index in [2.05, 4.69) is 20.2 Å². The summed E-state index contributed by atoms with van der Waals surface area (Å²) in [5.74, 6) is 0.634. The van der Waals surface area contributed by atoms with Crippen molar-refractivity contribution in [1.29, 1.82) is 0 Å². The molecule has 0 bridgehead atoms. The molecule has 3 aromatic heterocycles. The van der Waals surface area contributed by atoms with Gasteiger partial charge in [-0.2, -0.15) is 0 Å².